The predicted octanol–water partition coefficient (Wildman–Crippen LogP) is 2.39. The molecule has 0 radical (unpaired) electrons. The minimum Gasteiger partial charge on any atom is -0.471 e. The molecule has 6 heteroatoms. The first-order valence-corrected chi connectivity index (χ1v) is 8.79. The smallest absolute Gasteiger partial charge is 0.232 e. The Morgan fingerprint density at radius 1 is 1.30 bits per heavy atom. The Labute approximate surface area is 140 Å². The van der Waals surface area contributed by atoms with Crippen molar-refractivity contribution in [3.8, 4) is 5.88 Å². The molecule has 23 heavy (non-hydrogen) atoms. The fourth-order valence-electron chi connectivity index (χ4n) is 2.49. The number of ether oxygens (including phenoxy) is 1. The van der Waals surface area contributed by atoms with Gasteiger partial charge >= 0.3 is 0 Å². The lowest BCUT2D eigenvalue weighted by atomic mass is 10.2. The maximum Gasteiger partial charge on any atom is 0.232 e. The van der Waals surface area contributed by atoms with Crippen LogP contribution in [0.4, 0.5) is 0 Å². The number of carbonyl (C=O) groups excluding carboxylic acids is 1. The van der Waals surface area contributed by atoms with Crippen molar-refractivity contribution >= 4 is 17.7 Å². The lowest BCUT2D eigenvalue weighted by Crippen LogP contribution is -2.32. The van der Waals surface area contributed by atoms with E-state index in [1.54, 1.807) is 30.4 Å². The Bertz CT molecular complexity index is 624. The Morgan fingerprint density at radius 2 is 2.17 bits per heavy atom. The highest BCUT2D eigenvalue weighted by Crippen LogP contribution is 2.18. The fraction of sp³-hybridized carbons (Fsp3) is 0.353. The standard InChI is InChI=1S/C17H19N3O2S/c21-17(13-23-12-14-4-2-1-3-5-14)20-9-6-15(11-20)22-16-10-18-7-8-19-16/h1-5,7-8,10,15H,6,9,11-13H2. The molecule has 0 N–H and O–H groups in total. The van der Waals surface area contributed by atoms with Gasteiger partial charge in [-0.2, -0.15) is 0 Å². The van der Waals surface area contributed by atoms with Gasteiger partial charge in [0.1, 0.15) is 6.10 Å². The van der Waals surface area contributed by atoms with Crippen LogP contribution in [0.3, 0.4) is 0 Å². The van der Waals surface area contributed by atoms with Crippen molar-refractivity contribution in [1.82, 2.24) is 14.9 Å². The highest BCUT2D eigenvalue weighted by molar-refractivity contribution is 7.99. The van der Waals surface area contributed by atoms with Crippen molar-refractivity contribution < 1.29 is 9.53 Å². The summed E-state index contributed by atoms with van der Waals surface area (Å²) in [5.74, 6) is 2.06. The van der Waals surface area contributed by atoms with Gasteiger partial charge < -0.3 is 9.64 Å². The second kappa shape index (κ2) is 7.97. The molecule has 5 nitrogen and oxygen atoms in total. The molecule has 2 aromatic rings. The largest absolute Gasteiger partial charge is 0.471 e. The van der Waals surface area contributed by atoms with E-state index in [0.29, 0.717) is 18.2 Å². The van der Waals surface area contributed by atoms with Crippen LogP contribution in [0.2, 0.25) is 0 Å². The zero-order chi connectivity index (χ0) is 15.9. The minimum absolute atomic E-state index is 0.00905. The van der Waals surface area contributed by atoms with Gasteiger partial charge in [0.15, 0.2) is 0 Å². The van der Waals surface area contributed by atoms with Gasteiger partial charge in [0, 0.05) is 31.1 Å². The van der Waals surface area contributed by atoms with E-state index in [4.69, 9.17) is 4.74 Å². The van der Waals surface area contributed by atoms with E-state index < -0.39 is 0 Å². The fourth-order valence-corrected chi connectivity index (χ4v) is 3.38. The molecule has 2 heterocycles. The second-order valence-corrected chi connectivity index (χ2v) is 6.38. The van der Waals surface area contributed by atoms with Crippen LogP contribution in [-0.4, -0.2) is 45.7 Å². The maximum absolute atomic E-state index is 12.3. The molecule has 1 saturated heterocycles. The molecule has 0 bridgehead atoms. The SMILES string of the molecule is O=C(CSCc1ccccc1)N1CCC(Oc2cnccn2)C1. The van der Waals surface area contributed by atoms with Crippen molar-refractivity contribution in [2.24, 2.45) is 0 Å². The molecule has 1 amide bonds. The molecule has 120 valence electrons. The van der Waals surface area contributed by atoms with E-state index in [2.05, 4.69) is 22.1 Å². The van der Waals surface area contributed by atoms with Crippen LogP contribution in [0.15, 0.2) is 48.9 Å². The molecular weight excluding hydrogens is 310 g/mol. The highest BCUT2D eigenvalue weighted by atomic mass is 32.2. The quantitative estimate of drug-likeness (QED) is 0.814. The number of benzene rings is 1. The summed E-state index contributed by atoms with van der Waals surface area (Å²) in [6, 6.07) is 10.2. The summed E-state index contributed by atoms with van der Waals surface area (Å²) in [6.07, 6.45) is 5.66. The molecule has 0 saturated carbocycles. The van der Waals surface area contributed by atoms with Gasteiger partial charge in [-0.15, -0.1) is 11.8 Å². The molecule has 1 aromatic heterocycles. The monoisotopic (exact) mass is 329 g/mol. The topological polar surface area (TPSA) is 55.3 Å². The van der Waals surface area contributed by atoms with Crippen LogP contribution < -0.4 is 4.74 Å². The van der Waals surface area contributed by atoms with Crippen molar-refractivity contribution in [2.75, 3.05) is 18.8 Å². The summed E-state index contributed by atoms with van der Waals surface area (Å²) in [6.45, 7) is 1.37. The number of amides is 1. The summed E-state index contributed by atoms with van der Waals surface area (Å²) in [7, 11) is 0. The van der Waals surface area contributed by atoms with Crippen molar-refractivity contribution in [1.29, 1.82) is 0 Å². The van der Waals surface area contributed by atoms with Gasteiger partial charge in [0.05, 0.1) is 18.5 Å². The summed E-state index contributed by atoms with van der Waals surface area (Å²) < 4.78 is 5.76. The summed E-state index contributed by atoms with van der Waals surface area (Å²) >= 11 is 1.65. The third-order valence-electron chi connectivity index (χ3n) is 3.66. The average molecular weight is 329 g/mol. The first-order valence-electron chi connectivity index (χ1n) is 7.63. The molecule has 1 atom stereocenters. The number of nitrogens with zero attached hydrogens (tertiary/aromatic N) is 3. The molecule has 0 aliphatic carbocycles. The Hall–Kier alpha value is -2.08. The molecule has 3 rings (SSSR count). The molecule has 1 aromatic carbocycles. The molecular formula is C17H19N3O2S. The predicted molar refractivity (Wildman–Crippen MR) is 90.2 cm³/mol. The van der Waals surface area contributed by atoms with Crippen LogP contribution in [0.1, 0.15) is 12.0 Å². The van der Waals surface area contributed by atoms with Crippen LogP contribution >= 0.6 is 11.8 Å². The highest BCUT2D eigenvalue weighted by Gasteiger charge is 2.27. The van der Waals surface area contributed by atoms with Gasteiger partial charge in [-0.3, -0.25) is 9.78 Å². The van der Waals surface area contributed by atoms with Gasteiger partial charge in [-0.1, -0.05) is 30.3 Å². The van der Waals surface area contributed by atoms with Crippen LogP contribution in [0.25, 0.3) is 0 Å². The number of likely N-dealkylation sites (tertiary alicyclic amines) is 1. The van der Waals surface area contributed by atoms with E-state index >= 15 is 0 Å². The lowest BCUT2D eigenvalue weighted by molar-refractivity contribution is -0.127. The van der Waals surface area contributed by atoms with Crippen LogP contribution in [0.5, 0.6) is 5.88 Å². The summed E-state index contributed by atoms with van der Waals surface area (Å²) in [4.78, 5) is 22.2. The van der Waals surface area contributed by atoms with Crippen molar-refractivity contribution in [3.05, 3.63) is 54.5 Å². The number of rotatable bonds is 6. The first kappa shape index (κ1) is 15.8. The zero-order valence-electron chi connectivity index (χ0n) is 12.8. The molecule has 1 unspecified atom stereocenters. The van der Waals surface area contributed by atoms with E-state index in [9.17, 15) is 4.79 Å². The number of aromatic nitrogens is 2. The van der Waals surface area contributed by atoms with Crippen LogP contribution in [-0.2, 0) is 10.5 Å². The van der Waals surface area contributed by atoms with Gasteiger partial charge in [0.2, 0.25) is 11.8 Å². The van der Waals surface area contributed by atoms with Crippen molar-refractivity contribution in [3.63, 3.8) is 0 Å². The van der Waals surface area contributed by atoms with E-state index in [1.807, 2.05) is 23.1 Å². The number of hydrogen-bond acceptors (Lipinski definition) is 5. The normalized spacial score (nSPS) is 17.2. The Morgan fingerprint density at radius 3 is 2.96 bits per heavy atom. The van der Waals surface area contributed by atoms with Crippen molar-refractivity contribution in [2.45, 2.75) is 18.3 Å². The number of hydrogen-bond donors (Lipinski definition) is 0. The molecule has 1 aliphatic rings. The maximum atomic E-state index is 12.3. The van der Waals surface area contributed by atoms with Crippen LogP contribution in [0, 0.1) is 0 Å². The first-order chi connectivity index (χ1) is 11.3. The Balaban J connectivity index is 1.41. The van der Waals surface area contributed by atoms with E-state index in [1.165, 1.54) is 5.56 Å². The van der Waals surface area contributed by atoms with E-state index in [-0.39, 0.29) is 12.0 Å². The summed E-state index contributed by atoms with van der Waals surface area (Å²) in [5, 5.41) is 0. The van der Waals surface area contributed by atoms with Gasteiger partial charge in [-0.25, -0.2) is 4.98 Å². The third-order valence-corrected chi connectivity index (χ3v) is 4.65. The zero-order valence-corrected chi connectivity index (χ0v) is 13.6. The molecule has 0 spiro atoms. The minimum atomic E-state index is 0.00905. The van der Waals surface area contributed by atoms with E-state index in [0.717, 1.165) is 18.7 Å². The van der Waals surface area contributed by atoms with Gasteiger partial charge in [-0.05, 0) is 5.56 Å². The lowest BCUT2D eigenvalue weighted by Gasteiger charge is -2.16. The van der Waals surface area contributed by atoms with Gasteiger partial charge in [0.25, 0.3) is 0 Å². The number of carbonyl (C=O) groups is 1. The summed E-state index contributed by atoms with van der Waals surface area (Å²) in [5.41, 5.74) is 1.25. The Kier molecular flexibility index (Phi) is 5.47. The third kappa shape index (κ3) is 4.69. The number of thioether (sulfide) groups is 1. The molecule has 1 aliphatic heterocycles. The average Bonchev–Trinajstić information content (AvgIpc) is 3.05. The second-order valence-electron chi connectivity index (χ2n) is 5.39. The molecule has 1 fully saturated rings.